The van der Waals surface area contributed by atoms with E-state index in [1.54, 1.807) is 18.2 Å². The van der Waals surface area contributed by atoms with Crippen molar-refractivity contribution in [3.05, 3.63) is 39.6 Å². The number of carbonyl (C=O) groups excluding carboxylic acids is 1. The normalized spacial score (nSPS) is 10.2. The average Bonchev–Trinajstić information content (AvgIpc) is 2.67. The van der Waals surface area contributed by atoms with Crippen molar-refractivity contribution in [2.45, 2.75) is 6.42 Å². The van der Waals surface area contributed by atoms with Crippen LogP contribution in [0.25, 0.3) is 0 Å². The van der Waals surface area contributed by atoms with Crippen molar-refractivity contribution in [3.8, 4) is 0 Å². The van der Waals surface area contributed by atoms with E-state index < -0.39 is 5.82 Å². The van der Waals surface area contributed by atoms with Crippen molar-refractivity contribution in [2.75, 3.05) is 5.32 Å². The molecule has 2 rings (SSSR count). The van der Waals surface area contributed by atoms with E-state index in [0.29, 0.717) is 14.6 Å². The van der Waals surface area contributed by atoms with Crippen LogP contribution in [0.5, 0.6) is 0 Å². The summed E-state index contributed by atoms with van der Waals surface area (Å²) >= 11 is 5.98. The molecule has 0 aliphatic carbocycles. The second kappa shape index (κ2) is 5.15. The number of nitrogens with zero attached hydrogens (tertiary/aromatic N) is 1. The Labute approximate surface area is 106 Å². The first-order chi connectivity index (χ1) is 8.15. The number of amides is 1. The van der Waals surface area contributed by atoms with Gasteiger partial charge in [0, 0.05) is 0 Å². The lowest BCUT2D eigenvalue weighted by Gasteiger charge is -2.02. The zero-order valence-electron chi connectivity index (χ0n) is 8.57. The minimum atomic E-state index is -0.391. The van der Waals surface area contributed by atoms with Crippen LogP contribution < -0.4 is 5.32 Å². The molecule has 1 aromatic carbocycles. The number of nitrogens with one attached hydrogen (secondary N) is 2. The van der Waals surface area contributed by atoms with E-state index in [0.717, 1.165) is 11.3 Å². The zero-order valence-corrected chi connectivity index (χ0v) is 10.2. The maximum absolute atomic E-state index is 13.3. The molecule has 2 aromatic rings. The van der Waals surface area contributed by atoms with Crippen molar-refractivity contribution in [3.63, 3.8) is 0 Å². The monoisotopic (exact) mass is 269 g/mol. The smallest absolute Gasteiger partial charge is 0.230 e. The van der Waals surface area contributed by atoms with Crippen LogP contribution in [0.2, 0.25) is 0 Å². The van der Waals surface area contributed by atoms with Gasteiger partial charge in [0.05, 0.1) is 6.42 Å². The fraction of sp³-hybridized carbons (Fsp3) is 0.100. The Balaban J connectivity index is 2.03. The van der Waals surface area contributed by atoms with Gasteiger partial charge >= 0.3 is 0 Å². The molecule has 88 valence electrons. The van der Waals surface area contributed by atoms with E-state index in [9.17, 15) is 9.18 Å². The van der Waals surface area contributed by atoms with Crippen LogP contribution in [-0.4, -0.2) is 16.1 Å². The molecule has 1 amide bonds. The summed E-state index contributed by atoms with van der Waals surface area (Å²) in [5, 5.41) is 9.26. The van der Waals surface area contributed by atoms with Gasteiger partial charge in [-0.3, -0.25) is 9.89 Å². The molecule has 0 aliphatic rings. The molecule has 0 aliphatic heterocycles. The van der Waals surface area contributed by atoms with E-state index in [-0.39, 0.29) is 12.3 Å². The molecule has 1 heterocycles. The second-order valence-electron chi connectivity index (χ2n) is 3.23. The number of anilines is 1. The van der Waals surface area contributed by atoms with Gasteiger partial charge in [-0.25, -0.2) is 4.39 Å². The van der Waals surface area contributed by atoms with Gasteiger partial charge in [-0.15, -0.1) is 5.10 Å². The second-order valence-corrected chi connectivity index (χ2v) is 4.90. The Kier molecular flexibility index (Phi) is 3.60. The van der Waals surface area contributed by atoms with E-state index in [4.69, 9.17) is 12.2 Å². The minimum absolute atomic E-state index is 0.0288. The predicted octanol–water partition coefficient (Wildman–Crippen LogP) is 2.52. The summed E-state index contributed by atoms with van der Waals surface area (Å²) < 4.78 is 13.8. The van der Waals surface area contributed by atoms with Gasteiger partial charge in [0.1, 0.15) is 5.82 Å². The fourth-order valence-electron chi connectivity index (χ4n) is 1.26. The molecule has 0 spiro atoms. The highest BCUT2D eigenvalue weighted by molar-refractivity contribution is 7.73. The molecule has 17 heavy (non-hydrogen) atoms. The molecule has 0 atom stereocenters. The number of carbonyl (C=O) groups is 1. The van der Waals surface area contributed by atoms with E-state index in [1.165, 1.54) is 6.07 Å². The molecule has 0 fully saturated rings. The number of rotatable bonds is 3. The SMILES string of the molecule is O=C(Cc1ccccc1F)Nc1n[nH]c(=S)s1. The third-order valence-electron chi connectivity index (χ3n) is 1.99. The first-order valence-electron chi connectivity index (χ1n) is 4.74. The predicted molar refractivity (Wildman–Crippen MR) is 66.0 cm³/mol. The zero-order chi connectivity index (χ0) is 12.3. The van der Waals surface area contributed by atoms with E-state index in [1.807, 2.05) is 0 Å². The van der Waals surface area contributed by atoms with Crippen LogP contribution in [0.1, 0.15) is 5.56 Å². The van der Waals surface area contributed by atoms with Gasteiger partial charge in [0.15, 0.2) is 3.95 Å². The van der Waals surface area contributed by atoms with Crippen molar-refractivity contribution >= 4 is 34.6 Å². The van der Waals surface area contributed by atoms with Crippen molar-refractivity contribution < 1.29 is 9.18 Å². The molecular formula is C10H8FN3OS2. The van der Waals surface area contributed by atoms with Crippen LogP contribution in [-0.2, 0) is 11.2 Å². The number of hydrogen-bond acceptors (Lipinski definition) is 4. The Morgan fingerprint density at radius 3 is 2.94 bits per heavy atom. The first kappa shape index (κ1) is 11.9. The topological polar surface area (TPSA) is 57.8 Å². The van der Waals surface area contributed by atoms with Crippen LogP contribution in [0.3, 0.4) is 0 Å². The molecular weight excluding hydrogens is 261 g/mol. The molecule has 0 radical (unpaired) electrons. The van der Waals surface area contributed by atoms with Crippen molar-refractivity contribution in [1.29, 1.82) is 0 Å². The largest absolute Gasteiger partial charge is 0.300 e. The summed E-state index contributed by atoms with van der Waals surface area (Å²) in [6, 6.07) is 6.16. The van der Waals surface area contributed by atoms with Gasteiger partial charge in [0.2, 0.25) is 11.0 Å². The van der Waals surface area contributed by atoms with Crippen LogP contribution >= 0.6 is 23.6 Å². The number of halogens is 1. The Morgan fingerprint density at radius 2 is 2.29 bits per heavy atom. The van der Waals surface area contributed by atoms with Crippen LogP contribution in [0.15, 0.2) is 24.3 Å². The molecule has 1 aromatic heterocycles. The highest BCUT2D eigenvalue weighted by Crippen LogP contribution is 2.12. The summed E-state index contributed by atoms with van der Waals surface area (Å²) in [5.41, 5.74) is 0.351. The van der Waals surface area contributed by atoms with E-state index in [2.05, 4.69) is 15.5 Å². The summed E-state index contributed by atoms with van der Waals surface area (Å²) in [6.07, 6.45) is -0.0288. The summed E-state index contributed by atoms with van der Waals surface area (Å²) in [6.45, 7) is 0. The molecule has 2 N–H and O–H groups in total. The Morgan fingerprint density at radius 1 is 1.53 bits per heavy atom. The fourth-order valence-corrected chi connectivity index (χ4v) is 2.07. The average molecular weight is 269 g/mol. The van der Waals surface area contributed by atoms with Crippen LogP contribution in [0, 0.1) is 9.77 Å². The van der Waals surface area contributed by atoms with Gasteiger partial charge in [-0.2, -0.15) is 0 Å². The molecule has 7 heteroatoms. The number of H-pyrrole nitrogens is 1. The lowest BCUT2D eigenvalue weighted by Crippen LogP contribution is -2.15. The van der Waals surface area contributed by atoms with Gasteiger partial charge < -0.3 is 5.32 Å². The van der Waals surface area contributed by atoms with Gasteiger partial charge in [-0.1, -0.05) is 29.5 Å². The molecule has 0 unspecified atom stereocenters. The van der Waals surface area contributed by atoms with Crippen LogP contribution in [0.4, 0.5) is 9.52 Å². The highest BCUT2D eigenvalue weighted by atomic mass is 32.1. The quantitative estimate of drug-likeness (QED) is 0.842. The Bertz CT molecular complexity index is 593. The van der Waals surface area contributed by atoms with Gasteiger partial charge in [-0.05, 0) is 23.8 Å². The highest BCUT2D eigenvalue weighted by Gasteiger charge is 2.09. The number of aromatic amines is 1. The summed E-state index contributed by atoms with van der Waals surface area (Å²) in [4.78, 5) is 11.6. The Hall–Kier alpha value is -1.60. The van der Waals surface area contributed by atoms with Crippen molar-refractivity contribution in [2.24, 2.45) is 0 Å². The van der Waals surface area contributed by atoms with Gasteiger partial charge in [0.25, 0.3) is 0 Å². The third-order valence-corrected chi connectivity index (χ3v) is 3.00. The molecule has 4 nitrogen and oxygen atoms in total. The molecule has 0 bridgehead atoms. The summed E-state index contributed by atoms with van der Waals surface area (Å²) in [7, 11) is 0. The minimum Gasteiger partial charge on any atom is -0.300 e. The number of aromatic nitrogens is 2. The third kappa shape index (κ3) is 3.18. The van der Waals surface area contributed by atoms with Crippen molar-refractivity contribution in [1.82, 2.24) is 10.2 Å². The standard InChI is InChI=1S/C10H8FN3OS2/c11-7-4-2-1-3-6(7)5-8(15)12-9-13-14-10(16)17-9/h1-4H,5H2,(H,14,16)(H,12,13,15). The number of hydrogen-bond donors (Lipinski definition) is 2. The lowest BCUT2D eigenvalue weighted by molar-refractivity contribution is -0.115. The maximum atomic E-state index is 13.3. The van der Waals surface area contributed by atoms with E-state index >= 15 is 0 Å². The first-order valence-corrected chi connectivity index (χ1v) is 5.96. The number of benzene rings is 1. The molecule has 0 saturated heterocycles. The molecule has 0 saturated carbocycles. The summed E-state index contributed by atoms with van der Waals surface area (Å²) in [5.74, 6) is -0.717. The maximum Gasteiger partial charge on any atom is 0.230 e. The lowest BCUT2D eigenvalue weighted by atomic mass is 10.1.